The summed E-state index contributed by atoms with van der Waals surface area (Å²) in [7, 11) is 0. The van der Waals surface area contributed by atoms with Crippen molar-refractivity contribution in [3.8, 4) is 0 Å². The van der Waals surface area contributed by atoms with Crippen LogP contribution in [0.25, 0.3) is 0 Å². The van der Waals surface area contributed by atoms with Crippen LogP contribution < -0.4 is 11.1 Å². The number of nitrogens with two attached hydrogens (primary N) is 1. The number of anilines is 1. The smallest absolute Gasteiger partial charge is 0.306 e. The largest absolute Gasteiger partial charge is 0.481 e. The van der Waals surface area contributed by atoms with Gasteiger partial charge in [-0.3, -0.25) is 19.7 Å². The van der Waals surface area contributed by atoms with Crippen molar-refractivity contribution in [1.82, 2.24) is 5.32 Å². The van der Waals surface area contributed by atoms with Crippen LogP contribution in [0.5, 0.6) is 0 Å². The molecule has 8 nitrogen and oxygen atoms in total. The molecule has 1 amide bonds. The molecule has 4 N–H and O–H groups in total. The summed E-state index contributed by atoms with van der Waals surface area (Å²) in [5.41, 5.74) is 5.11. The Balaban J connectivity index is 2.06. The highest BCUT2D eigenvalue weighted by molar-refractivity contribution is 6.01. The van der Waals surface area contributed by atoms with E-state index in [0.717, 1.165) is 0 Å². The number of carboxylic acid groups (broad SMARTS) is 1. The molecule has 0 radical (unpaired) electrons. The van der Waals surface area contributed by atoms with Crippen LogP contribution >= 0.6 is 0 Å². The molecule has 106 valence electrons. The first kappa shape index (κ1) is 13.8. The molecule has 0 atom stereocenters. The van der Waals surface area contributed by atoms with Crippen molar-refractivity contribution in [1.29, 1.82) is 0 Å². The van der Waals surface area contributed by atoms with Gasteiger partial charge in [0.15, 0.2) is 0 Å². The number of nitrogens with zero attached hydrogens (tertiary/aromatic N) is 1. The molecule has 2 rings (SSSR count). The fraction of sp³-hybridized carbons (Fsp3) is 0.333. The van der Waals surface area contributed by atoms with Gasteiger partial charge in [0.2, 0.25) is 0 Å². The van der Waals surface area contributed by atoms with E-state index in [0.29, 0.717) is 12.8 Å². The third-order valence-corrected chi connectivity index (χ3v) is 3.35. The fourth-order valence-electron chi connectivity index (χ4n) is 2.11. The summed E-state index contributed by atoms with van der Waals surface area (Å²) in [6, 6.07) is 3.76. The second-order valence-corrected chi connectivity index (χ2v) is 4.67. The van der Waals surface area contributed by atoms with Crippen molar-refractivity contribution >= 4 is 23.3 Å². The normalized spacial score (nSPS) is 20.8. The van der Waals surface area contributed by atoms with E-state index in [1.54, 1.807) is 0 Å². The Bertz CT molecular complexity index is 580. The van der Waals surface area contributed by atoms with Crippen LogP contribution in [0.2, 0.25) is 0 Å². The van der Waals surface area contributed by atoms with Crippen molar-refractivity contribution in [3.05, 3.63) is 33.9 Å². The molecule has 0 aliphatic heterocycles. The Morgan fingerprint density at radius 3 is 2.60 bits per heavy atom. The van der Waals surface area contributed by atoms with Crippen LogP contribution in [0.15, 0.2) is 18.2 Å². The highest BCUT2D eigenvalue weighted by Crippen LogP contribution is 2.29. The lowest BCUT2D eigenvalue weighted by molar-refractivity contribution is -0.383. The third kappa shape index (κ3) is 2.53. The predicted octanol–water partition coefficient (Wildman–Crippen LogP) is 0.770. The van der Waals surface area contributed by atoms with Gasteiger partial charge in [-0.15, -0.1) is 0 Å². The molecule has 1 aliphatic carbocycles. The number of hydrogen-bond donors (Lipinski definition) is 3. The number of nitrogens with one attached hydrogen (secondary N) is 1. The van der Waals surface area contributed by atoms with Crippen molar-refractivity contribution < 1.29 is 19.6 Å². The van der Waals surface area contributed by atoms with Crippen LogP contribution in [-0.2, 0) is 4.79 Å². The lowest BCUT2D eigenvalue weighted by Crippen LogP contribution is -2.46. The maximum absolute atomic E-state index is 12.0. The number of carbonyl (C=O) groups excluding carboxylic acids is 1. The second-order valence-electron chi connectivity index (χ2n) is 4.67. The van der Waals surface area contributed by atoms with Gasteiger partial charge >= 0.3 is 5.97 Å². The van der Waals surface area contributed by atoms with E-state index >= 15 is 0 Å². The zero-order valence-corrected chi connectivity index (χ0v) is 10.4. The fourth-order valence-corrected chi connectivity index (χ4v) is 2.11. The summed E-state index contributed by atoms with van der Waals surface area (Å²) < 4.78 is 0. The molecule has 1 fully saturated rings. The van der Waals surface area contributed by atoms with Crippen LogP contribution in [0.4, 0.5) is 11.4 Å². The van der Waals surface area contributed by atoms with Crippen LogP contribution in [0.1, 0.15) is 23.2 Å². The van der Waals surface area contributed by atoms with Gasteiger partial charge in [-0.05, 0) is 18.9 Å². The Hall–Kier alpha value is -2.64. The molecule has 0 aromatic heterocycles. The van der Waals surface area contributed by atoms with Gasteiger partial charge in [-0.1, -0.05) is 6.07 Å². The summed E-state index contributed by atoms with van der Waals surface area (Å²) in [4.78, 5) is 32.7. The first-order chi connectivity index (χ1) is 9.40. The number of benzene rings is 1. The molecule has 0 spiro atoms. The number of rotatable bonds is 4. The Morgan fingerprint density at radius 1 is 1.40 bits per heavy atom. The molecular formula is C12H13N3O5. The van der Waals surface area contributed by atoms with Gasteiger partial charge < -0.3 is 16.2 Å². The average Bonchev–Trinajstić information content (AvgIpc) is 2.32. The number of nitro groups is 1. The molecule has 1 aromatic carbocycles. The molecule has 0 saturated heterocycles. The van der Waals surface area contributed by atoms with Crippen molar-refractivity contribution in [2.24, 2.45) is 5.92 Å². The topological polar surface area (TPSA) is 136 Å². The molecule has 0 unspecified atom stereocenters. The van der Waals surface area contributed by atoms with Crippen LogP contribution in [0.3, 0.4) is 0 Å². The highest BCUT2D eigenvalue weighted by Gasteiger charge is 2.35. The minimum Gasteiger partial charge on any atom is -0.481 e. The van der Waals surface area contributed by atoms with Gasteiger partial charge in [0.1, 0.15) is 5.69 Å². The number of amides is 1. The van der Waals surface area contributed by atoms with E-state index in [1.165, 1.54) is 18.2 Å². The zero-order chi connectivity index (χ0) is 14.9. The molecule has 0 bridgehead atoms. The number of carboxylic acids is 1. The van der Waals surface area contributed by atoms with E-state index in [9.17, 15) is 19.7 Å². The molecule has 8 heteroatoms. The zero-order valence-electron chi connectivity index (χ0n) is 10.4. The van der Waals surface area contributed by atoms with E-state index in [4.69, 9.17) is 10.8 Å². The van der Waals surface area contributed by atoms with Gasteiger partial charge in [0, 0.05) is 12.1 Å². The SMILES string of the molecule is Nc1c(C(=O)NC2CC(C(=O)O)C2)cccc1[N+](=O)[O-]. The lowest BCUT2D eigenvalue weighted by atomic mass is 9.80. The van der Waals surface area contributed by atoms with Crippen LogP contribution in [0, 0.1) is 16.0 Å². The Morgan fingerprint density at radius 2 is 2.05 bits per heavy atom. The monoisotopic (exact) mass is 279 g/mol. The van der Waals surface area contributed by atoms with Crippen molar-refractivity contribution in [3.63, 3.8) is 0 Å². The van der Waals surface area contributed by atoms with E-state index in [-0.39, 0.29) is 23.0 Å². The quantitative estimate of drug-likeness (QED) is 0.423. The standard InChI is InChI=1S/C12H13N3O5/c13-10-8(2-1-3-9(10)15(19)20)11(16)14-7-4-6(5-7)12(17)18/h1-3,6-7H,4-5,13H2,(H,14,16)(H,17,18). The van der Waals surface area contributed by atoms with Gasteiger partial charge in [0.05, 0.1) is 16.4 Å². The maximum Gasteiger partial charge on any atom is 0.306 e. The summed E-state index contributed by atoms with van der Waals surface area (Å²) in [5, 5.41) is 22.1. The van der Waals surface area contributed by atoms with E-state index in [2.05, 4.69) is 5.32 Å². The summed E-state index contributed by atoms with van der Waals surface area (Å²) in [6.07, 6.45) is 0.714. The number of aliphatic carboxylic acids is 1. The van der Waals surface area contributed by atoms with Crippen LogP contribution in [-0.4, -0.2) is 27.9 Å². The molecule has 0 heterocycles. The number of para-hydroxylation sites is 1. The average molecular weight is 279 g/mol. The Kier molecular flexibility index (Phi) is 3.55. The predicted molar refractivity (Wildman–Crippen MR) is 69.1 cm³/mol. The maximum atomic E-state index is 12.0. The van der Waals surface area contributed by atoms with Gasteiger partial charge in [0.25, 0.3) is 11.6 Å². The number of nitro benzene ring substituents is 1. The van der Waals surface area contributed by atoms with Gasteiger partial charge in [-0.25, -0.2) is 0 Å². The number of hydrogen-bond acceptors (Lipinski definition) is 5. The highest BCUT2D eigenvalue weighted by atomic mass is 16.6. The van der Waals surface area contributed by atoms with E-state index < -0.39 is 22.7 Å². The van der Waals surface area contributed by atoms with E-state index in [1.807, 2.05) is 0 Å². The molecule has 20 heavy (non-hydrogen) atoms. The number of carbonyl (C=O) groups is 2. The summed E-state index contributed by atoms with van der Waals surface area (Å²) in [5.74, 6) is -1.85. The Labute approximate surface area is 113 Å². The molecular weight excluding hydrogens is 266 g/mol. The molecule has 1 aromatic rings. The minimum absolute atomic E-state index is 0.0259. The number of nitrogen functional groups attached to an aromatic ring is 1. The first-order valence-corrected chi connectivity index (χ1v) is 5.96. The van der Waals surface area contributed by atoms with Crippen molar-refractivity contribution in [2.75, 3.05) is 5.73 Å². The molecule has 1 saturated carbocycles. The molecule has 1 aliphatic rings. The first-order valence-electron chi connectivity index (χ1n) is 5.96. The summed E-state index contributed by atoms with van der Waals surface area (Å²) in [6.45, 7) is 0. The summed E-state index contributed by atoms with van der Waals surface area (Å²) >= 11 is 0. The van der Waals surface area contributed by atoms with Crippen molar-refractivity contribution in [2.45, 2.75) is 18.9 Å². The third-order valence-electron chi connectivity index (χ3n) is 3.35. The second kappa shape index (κ2) is 5.16. The van der Waals surface area contributed by atoms with Gasteiger partial charge in [-0.2, -0.15) is 0 Å². The lowest BCUT2D eigenvalue weighted by Gasteiger charge is -2.32. The minimum atomic E-state index is -0.884.